The largest absolute Gasteiger partial charge is 0.356 e. The Morgan fingerprint density at radius 2 is 1.96 bits per heavy atom. The fourth-order valence-corrected chi connectivity index (χ4v) is 3.77. The van der Waals surface area contributed by atoms with Gasteiger partial charge in [0.2, 0.25) is 11.9 Å². The van der Waals surface area contributed by atoms with Gasteiger partial charge in [-0.15, -0.1) is 0 Å². The molecule has 2 fully saturated rings. The molecule has 1 amide bonds. The predicted octanol–water partition coefficient (Wildman–Crippen LogP) is 1.99. The molecule has 0 spiro atoms. The Balaban J connectivity index is 1.34. The lowest BCUT2D eigenvalue weighted by Crippen LogP contribution is -2.42. The Morgan fingerprint density at radius 1 is 1.20 bits per heavy atom. The summed E-state index contributed by atoms with van der Waals surface area (Å²) in [7, 11) is 0. The highest BCUT2D eigenvalue weighted by molar-refractivity contribution is 5.78. The predicted molar refractivity (Wildman–Crippen MR) is 99.6 cm³/mol. The molecule has 3 rings (SSSR count). The third kappa shape index (κ3) is 5.39. The average Bonchev–Trinajstić information content (AvgIpc) is 2.66. The molecule has 2 saturated heterocycles. The lowest BCUT2D eigenvalue weighted by atomic mass is 9.96. The van der Waals surface area contributed by atoms with Gasteiger partial charge in [-0.25, -0.2) is 9.97 Å². The molecule has 1 N–H and O–H groups in total. The van der Waals surface area contributed by atoms with Gasteiger partial charge < -0.3 is 15.1 Å². The third-order valence-electron chi connectivity index (χ3n) is 5.33. The van der Waals surface area contributed by atoms with Crippen LogP contribution in [0.3, 0.4) is 0 Å². The number of amides is 1. The fourth-order valence-electron chi connectivity index (χ4n) is 3.77. The maximum atomic E-state index is 12.4. The number of likely N-dealkylation sites (tertiary alicyclic amines) is 1. The summed E-state index contributed by atoms with van der Waals surface area (Å²) in [4.78, 5) is 25.9. The van der Waals surface area contributed by atoms with E-state index in [1.807, 2.05) is 13.0 Å². The number of nitrogens with zero attached hydrogens (tertiary/aromatic N) is 4. The molecule has 0 radical (unpaired) electrons. The number of carbonyl (C=O) groups is 1. The lowest BCUT2D eigenvalue weighted by molar-refractivity contribution is -0.125. The van der Waals surface area contributed by atoms with Gasteiger partial charge >= 0.3 is 0 Å². The Hall–Kier alpha value is -1.69. The number of hydrogen-bond donors (Lipinski definition) is 1. The zero-order chi connectivity index (χ0) is 17.5. The van der Waals surface area contributed by atoms with E-state index in [9.17, 15) is 4.79 Å². The summed E-state index contributed by atoms with van der Waals surface area (Å²) in [6.07, 6.45) is 8.66. The maximum absolute atomic E-state index is 12.4. The van der Waals surface area contributed by atoms with Gasteiger partial charge in [0.1, 0.15) is 0 Å². The van der Waals surface area contributed by atoms with Crippen molar-refractivity contribution in [3.8, 4) is 0 Å². The summed E-state index contributed by atoms with van der Waals surface area (Å²) in [5.74, 6) is 1.15. The molecule has 2 aliphatic rings. The van der Waals surface area contributed by atoms with Crippen molar-refractivity contribution < 1.29 is 4.79 Å². The number of piperidine rings is 2. The molecule has 0 aliphatic carbocycles. The van der Waals surface area contributed by atoms with Crippen LogP contribution in [0.4, 0.5) is 5.95 Å². The van der Waals surface area contributed by atoms with Gasteiger partial charge in [-0.2, -0.15) is 0 Å². The van der Waals surface area contributed by atoms with Crippen molar-refractivity contribution in [3.63, 3.8) is 0 Å². The number of nitrogens with one attached hydrogen (secondary N) is 1. The monoisotopic (exact) mass is 345 g/mol. The molecule has 0 saturated carbocycles. The molecule has 25 heavy (non-hydrogen) atoms. The minimum atomic E-state index is 0.135. The second-order valence-corrected chi connectivity index (χ2v) is 7.31. The highest BCUT2D eigenvalue weighted by Gasteiger charge is 2.25. The van der Waals surface area contributed by atoms with Crippen LogP contribution in [0.25, 0.3) is 0 Å². The van der Waals surface area contributed by atoms with Crippen LogP contribution in [-0.4, -0.2) is 60.0 Å². The van der Waals surface area contributed by atoms with E-state index in [4.69, 9.17) is 0 Å². The van der Waals surface area contributed by atoms with Crippen molar-refractivity contribution in [3.05, 3.63) is 18.0 Å². The fraction of sp³-hybridized carbons (Fsp3) is 0.737. The lowest BCUT2D eigenvalue weighted by Gasteiger charge is -2.31. The minimum absolute atomic E-state index is 0.135. The Bertz CT molecular complexity index is 551. The summed E-state index contributed by atoms with van der Waals surface area (Å²) in [5, 5.41) is 3.14. The highest BCUT2D eigenvalue weighted by atomic mass is 16.1. The molecule has 0 unspecified atom stereocenters. The van der Waals surface area contributed by atoms with Crippen molar-refractivity contribution in [1.82, 2.24) is 20.2 Å². The summed E-state index contributed by atoms with van der Waals surface area (Å²) in [6.45, 7) is 8.07. The standard InChI is InChI=1S/C19H31N5O/c1-16-6-10-21-19(22-16)24-14-7-17(8-15-24)18(25)20-9-5-13-23-11-3-2-4-12-23/h6,10,17H,2-5,7-9,11-15H2,1H3,(H,20,25). The van der Waals surface area contributed by atoms with Crippen LogP contribution in [-0.2, 0) is 4.79 Å². The van der Waals surface area contributed by atoms with E-state index >= 15 is 0 Å². The second-order valence-electron chi connectivity index (χ2n) is 7.31. The van der Waals surface area contributed by atoms with E-state index < -0.39 is 0 Å². The number of aromatic nitrogens is 2. The number of carbonyl (C=O) groups excluding carboxylic acids is 1. The smallest absolute Gasteiger partial charge is 0.225 e. The van der Waals surface area contributed by atoms with Crippen LogP contribution in [0.1, 0.15) is 44.2 Å². The minimum Gasteiger partial charge on any atom is -0.356 e. The highest BCUT2D eigenvalue weighted by Crippen LogP contribution is 2.20. The molecular weight excluding hydrogens is 314 g/mol. The van der Waals surface area contributed by atoms with Crippen LogP contribution >= 0.6 is 0 Å². The van der Waals surface area contributed by atoms with E-state index in [1.165, 1.54) is 32.4 Å². The normalized spacial score (nSPS) is 19.8. The molecule has 138 valence electrons. The molecule has 0 aromatic carbocycles. The first kappa shape index (κ1) is 18.1. The second kappa shape index (κ2) is 9.13. The molecule has 2 aliphatic heterocycles. The Kier molecular flexibility index (Phi) is 6.62. The summed E-state index contributed by atoms with van der Waals surface area (Å²) in [6, 6.07) is 1.91. The number of anilines is 1. The third-order valence-corrected chi connectivity index (χ3v) is 5.33. The first-order chi connectivity index (χ1) is 12.2. The first-order valence-electron chi connectivity index (χ1n) is 9.77. The van der Waals surface area contributed by atoms with Crippen LogP contribution in [0.5, 0.6) is 0 Å². The number of hydrogen-bond acceptors (Lipinski definition) is 5. The quantitative estimate of drug-likeness (QED) is 0.799. The van der Waals surface area contributed by atoms with Crippen LogP contribution in [0.2, 0.25) is 0 Å². The Morgan fingerprint density at radius 3 is 2.68 bits per heavy atom. The van der Waals surface area contributed by atoms with E-state index in [0.29, 0.717) is 0 Å². The van der Waals surface area contributed by atoms with Crippen molar-refractivity contribution >= 4 is 11.9 Å². The number of aryl methyl sites for hydroxylation is 1. The maximum Gasteiger partial charge on any atom is 0.225 e. The molecule has 0 atom stereocenters. The summed E-state index contributed by atoms with van der Waals surface area (Å²) < 4.78 is 0. The molecule has 3 heterocycles. The number of rotatable bonds is 6. The van der Waals surface area contributed by atoms with E-state index in [2.05, 4.69) is 25.1 Å². The van der Waals surface area contributed by atoms with Crippen molar-refractivity contribution in [2.45, 2.75) is 45.4 Å². The van der Waals surface area contributed by atoms with Gasteiger partial charge in [-0.05, 0) is 64.7 Å². The molecule has 0 bridgehead atoms. The first-order valence-corrected chi connectivity index (χ1v) is 9.77. The average molecular weight is 345 g/mol. The van der Waals surface area contributed by atoms with Gasteiger partial charge in [0.25, 0.3) is 0 Å². The summed E-state index contributed by atoms with van der Waals surface area (Å²) >= 11 is 0. The van der Waals surface area contributed by atoms with Crippen molar-refractivity contribution in [2.24, 2.45) is 5.92 Å². The van der Waals surface area contributed by atoms with Gasteiger partial charge in [-0.1, -0.05) is 6.42 Å². The van der Waals surface area contributed by atoms with E-state index in [1.54, 1.807) is 6.20 Å². The van der Waals surface area contributed by atoms with Crippen molar-refractivity contribution in [1.29, 1.82) is 0 Å². The Labute approximate surface area is 151 Å². The molecule has 1 aromatic heterocycles. The molecule has 6 nitrogen and oxygen atoms in total. The van der Waals surface area contributed by atoms with Gasteiger partial charge in [0, 0.05) is 37.4 Å². The van der Waals surface area contributed by atoms with Crippen LogP contribution < -0.4 is 10.2 Å². The van der Waals surface area contributed by atoms with Crippen LogP contribution in [0, 0.1) is 12.8 Å². The summed E-state index contributed by atoms with van der Waals surface area (Å²) in [5.41, 5.74) is 0.985. The SMILES string of the molecule is Cc1ccnc(N2CCC(C(=O)NCCCN3CCCCC3)CC2)n1. The molecule has 6 heteroatoms. The molecular formula is C19H31N5O. The zero-order valence-corrected chi connectivity index (χ0v) is 15.4. The van der Waals surface area contributed by atoms with Gasteiger partial charge in [0.05, 0.1) is 0 Å². The van der Waals surface area contributed by atoms with Gasteiger partial charge in [0.15, 0.2) is 0 Å². The molecule has 1 aromatic rings. The van der Waals surface area contributed by atoms with Gasteiger partial charge in [-0.3, -0.25) is 4.79 Å². The van der Waals surface area contributed by atoms with E-state index in [0.717, 1.165) is 57.1 Å². The zero-order valence-electron chi connectivity index (χ0n) is 15.4. The van der Waals surface area contributed by atoms with E-state index in [-0.39, 0.29) is 11.8 Å². The van der Waals surface area contributed by atoms with Crippen LogP contribution in [0.15, 0.2) is 12.3 Å². The topological polar surface area (TPSA) is 61.4 Å². The van der Waals surface area contributed by atoms with Crippen molar-refractivity contribution in [2.75, 3.05) is 44.2 Å².